The third-order valence-corrected chi connectivity index (χ3v) is 5.20. The summed E-state index contributed by atoms with van der Waals surface area (Å²) in [4.78, 5) is 18.8. The van der Waals surface area contributed by atoms with Gasteiger partial charge in [0.05, 0.1) is 24.3 Å². The van der Waals surface area contributed by atoms with Crippen LogP contribution in [0.4, 0.5) is 0 Å². The Hall–Kier alpha value is -2.41. The lowest BCUT2D eigenvalue weighted by Crippen LogP contribution is -2.31. The molecule has 2 aromatic heterocycles. The van der Waals surface area contributed by atoms with Gasteiger partial charge in [0.1, 0.15) is 11.9 Å². The summed E-state index contributed by atoms with van der Waals surface area (Å²) in [5, 5.41) is 4.49. The number of ether oxygens (including phenoxy) is 2. The SMILES string of the molecule is Cc1c(C(=O)N2CC[C@@H](Oc3ccncc3)C2)cnn1C1CCOCC1. The highest BCUT2D eigenvalue weighted by Crippen LogP contribution is 2.25. The molecule has 0 spiro atoms. The summed E-state index contributed by atoms with van der Waals surface area (Å²) >= 11 is 0. The number of hydrogen-bond donors (Lipinski definition) is 0. The normalized spacial score (nSPS) is 21.1. The molecular formula is C19H24N4O3. The minimum absolute atomic E-state index is 0.0206. The maximum absolute atomic E-state index is 12.9. The number of rotatable bonds is 4. The summed E-state index contributed by atoms with van der Waals surface area (Å²) in [5.41, 5.74) is 1.64. The quantitative estimate of drug-likeness (QED) is 0.840. The Balaban J connectivity index is 1.41. The molecule has 0 radical (unpaired) electrons. The molecule has 4 rings (SSSR count). The molecular weight excluding hydrogens is 332 g/mol. The van der Waals surface area contributed by atoms with Crippen LogP contribution in [-0.4, -0.2) is 58.0 Å². The number of carbonyl (C=O) groups excluding carboxylic acids is 1. The zero-order valence-corrected chi connectivity index (χ0v) is 15.0. The van der Waals surface area contributed by atoms with Gasteiger partial charge in [-0.15, -0.1) is 0 Å². The Kier molecular flexibility index (Phi) is 4.88. The van der Waals surface area contributed by atoms with Gasteiger partial charge in [0.25, 0.3) is 5.91 Å². The van der Waals surface area contributed by atoms with Gasteiger partial charge in [-0.25, -0.2) is 0 Å². The Morgan fingerprint density at radius 3 is 2.77 bits per heavy atom. The second kappa shape index (κ2) is 7.45. The van der Waals surface area contributed by atoms with Crippen molar-refractivity contribution in [1.29, 1.82) is 0 Å². The van der Waals surface area contributed by atoms with E-state index in [4.69, 9.17) is 9.47 Å². The molecule has 2 aliphatic heterocycles. The Morgan fingerprint density at radius 2 is 2.00 bits per heavy atom. The average molecular weight is 356 g/mol. The number of nitrogens with zero attached hydrogens (tertiary/aromatic N) is 4. The number of pyridine rings is 1. The van der Waals surface area contributed by atoms with E-state index >= 15 is 0 Å². The molecule has 0 aromatic carbocycles. The predicted molar refractivity (Wildman–Crippen MR) is 95.2 cm³/mol. The van der Waals surface area contributed by atoms with Gasteiger partial charge in [-0.1, -0.05) is 0 Å². The monoisotopic (exact) mass is 356 g/mol. The van der Waals surface area contributed by atoms with Crippen LogP contribution >= 0.6 is 0 Å². The molecule has 1 atom stereocenters. The lowest BCUT2D eigenvalue weighted by Gasteiger charge is -2.24. The number of aromatic nitrogens is 3. The first-order chi connectivity index (χ1) is 12.7. The second-order valence-electron chi connectivity index (χ2n) is 6.89. The number of hydrogen-bond acceptors (Lipinski definition) is 5. The predicted octanol–water partition coefficient (Wildman–Crippen LogP) is 2.23. The van der Waals surface area contributed by atoms with E-state index in [1.54, 1.807) is 18.6 Å². The molecule has 7 nitrogen and oxygen atoms in total. The van der Waals surface area contributed by atoms with Gasteiger partial charge < -0.3 is 14.4 Å². The van der Waals surface area contributed by atoms with E-state index in [0.717, 1.165) is 43.9 Å². The average Bonchev–Trinajstić information content (AvgIpc) is 3.30. The van der Waals surface area contributed by atoms with E-state index in [0.29, 0.717) is 24.7 Å². The summed E-state index contributed by atoms with van der Waals surface area (Å²) in [6, 6.07) is 4.01. The molecule has 2 fully saturated rings. The van der Waals surface area contributed by atoms with E-state index in [-0.39, 0.29) is 12.0 Å². The van der Waals surface area contributed by atoms with Gasteiger partial charge in [-0.2, -0.15) is 5.10 Å². The van der Waals surface area contributed by atoms with Crippen LogP contribution in [0.2, 0.25) is 0 Å². The highest BCUT2D eigenvalue weighted by Gasteiger charge is 2.31. The molecule has 0 unspecified atom stereocenters. The molecule has 1 amide bonds. The zero-order valence-electron chi connectivity index (χ0n) is 15.0. The third-order valence-electron chi connectivity index (χ3n) is 5.20. The molecule has 7 heteroatoms. The summed E-state index contributed by atoms with van der Waals surface area (Å²) in [6.45, 7) is 4.80. The van der Waals surface area contributed by atoms with Crippen LogP contribution in [-0.2, 0) is 4.74 Å². The number of carbonyl (C=O) groups is 1. The van der Waals surface area contributed by atoms with E-state index < -0.39 is 0 Å². The summed E-state index contributed by atoms with van der Waals surface area (Å²) in [5.74, 6) is 0.837. The van der Waals surface area contributed by atoms with Crippen molar-refractivity contribution in [3.8, 4) is 5.75 Å². The Labute approximate surface area is 152 Å². The maximum Gasteiger partial charge on any atom is 0.257 e. The largest absolute Gasteiger partial charge is 0.488 e. The van der Waals surface area contributed by atoms with Crippen molar-refractivity contribution >= 4 is 5.91 Å². The second-order valence-corrected chi connectivity index (χ2v) is 6.89. The van der Waals surface area contributed by atoms with Crippen molar-refractivity contribution in [3.05, 3.63) is 42.0 Å². The molecule has 26 heavy (non-hydrogen) atoms. The molecule has 138 valence electrons. The first kappa shape index (κ1) is 17.0. The number of amides is 1. The molecule has 0 aliphatic carbocycles. The fraction of sp³-hybridized carbons (Fsp3) is 0.526. The van der Waals surface area contributed by atoms with Crippen molar-refractivity contribution in [1.82, 2.24) is 19.7 Å². The van der Waals surface area contributed by atoms with Gasteiger partial charge in [-0.05, 0) is 31.9 Å². The van der Waals surface area contributed by atoms with Crippen LogP contribution in [0.15, 0.2) is 30.7 Å². The molecule has 0 bridgehead atoms. The molecule has 2 aliphatic rings. The number of likely N-dealkylation sites (tertiary alicyclic amines) is 1. The van der Waals surface area contributed by atoms with E-state index in [9.17, 15) is 4.79 Å². The van der Waals surface area contributed by atoms with Gasteiger partial charge in [0, 0.05) is 44.3 Å². The summed E-state index contributed by atoms with van der Waals surface area (Å²) < 4.78 is 13.4. The Bertz CT molecular complexity index is 755. The third kappa shape index (κ3) is 3.44. The van der Waals surface area contributed by atoms with Gasteiger partial charge in [0.15, 0.2) is 0 Å². The van der Waals surface area contributed by atoms with Crippen LogP contribution in [0.3, 0.4) is 0 Å². The molecule has 4 heterocycles. The maximum atomic E-state index is 12.9. The van der Waals surface area contributed by atoms with E-state index in [1.807, 2.05) is 28.6 Å². The van der Waals surface area contributed by atoms with Crippen molar-refractivity contribution in [2.45, 2.75) is 38.3 Å². The van der Waals surface area contributed by atoms with Crippen molar-refractivity contribution in [3.63, 3.8) is 0 Å². The zero-order chi connectivity index (χ0) is 17.9. The van der Waals surface area contributed by atoms with Crippen molar-refractivity contribution in [2.75, 3.05) is 26.3 Å². The molecule has 0 saturated carbocycles. The smallest absolute Gasteiger partial charge is 0.257 e. The van der Waals surface area contributed by atoms with E-state index in [1.165, 1.54) is 0 Å². The van der Waals surface area contributed by atoms with Gasteiger partial charge in [0.2, 0.25) is 0 Å². The van der Waals surface area contributed by atoms with Crippen molar-refractivity contribution in [2.24, 2.45) is 0 Å². The van der Waals surface area contributed by atoms with Crippen LogP contribution in [0.1, 0.15) is 41.4 Å². The topological polar surface area (TPSA) is 69.5 Å². The lowest BCUT2D eigenvalue weighted by molar-refractivity contribution is 0.0655. The fourth-order valence-electron chi connectivity index (χ4n) is 3.72. The summed E-state index contributed by atoms with van der Waals surface area (Å²) in [6.07, 6.45) is 7.88. The standard InChI is InChI=1S/C19H24N4O3/c1-14-18(12-21-23(14)15-5-10-25-11-6-15)19(24)22-9-4-17(13-22)26-16-2-7-20-8-3-16/h2-3,7-8,12,15,17H,4-6,9-11,13H2,1H3/t17-/m1/s1. The van der Waals surface area contributed by atoms with Crippen LogP contribution < -0.4 is 4.74 Å². The van der Waals surface area contributed by atoms with Crippen LogP contribution in [0, 0.1) is 6.92 Å². The highest BCUT2D eigenvalue weighted by molar-refractivity contribution is 5.95. The lowest BCUT2D eigenvalue weighted by atomic mass is 10.1. The fourth-order valence-corrected chi connectivity index (χ4v) is 3.72. The van der Waals surface area contributed by atoms with E-state index in [2.05, 4.69) is 10.1 Å². The minimum atomic E-state index is 0.0206. The van der Waals surface area contributed by atoms with Gasteiger partial charge in [-0.3, -0.25) is 14.5 Å². The van der Waals surface area contributed by atoms with Gasteiger partial charge >= 0.3 is 0 Å². The van der Waals surface area contributed by atoms with Crippen LogP contribution in [0.5, 0.6) is 5.75 Å². The highest BCUT2D eigenvalue weighted by atomic mass is 16.5. The molecule has 2 saturated heterocycles. The molecule has 0 N–H and O–H groups in total. The van der Waals surface area contributed by atoms with Crippen molar-refractivity contribution < 1.29 is 14.3 Å². The minimum Gasteiger partial charge on any atom is -0.488 e. The summed E-state index contributed by atoms with van der Waals surface area (Å²) in [7, 11) is 0. The van der Waals surface area contributed by atoms with Crippen LogP contribution in [0.25, 0.3) is 0 Å². The first-order valence-corrected chi connectivity index (χ1v) is 9.20. The first-order valence-electron chi connectivity index (χ1n) is 9.20. The Morgan fingerprint density at radius 1 is 1.23 bits per heavy atom. The molecule has 2 aromatic rings.